The van der Waals surface area contributed by atoms with E-state index in [1.165, 1.54) is 12.8 Å². The van der Waals surface area contributed by atoms with Gasteiger partial charge in [-0.25, -0.2) is 0 Å². The third-order valence-corrected chi connectivity index (χ3v) is 3.98. The van der Waals surface area contributed by atoms with Gasteiger partial charge in [0.25, 0.3) is 0 Å². The molecule has 1 aliphatic carbocycles. The van der Waals surface area contributed by atoms with Crippen molar-refractivity contribution in [2.24, 2.45) is 5.41 Å². The van der Waals surface area contributed by atoms with Crippen molar-refractivity contribution >= 4 is 0 Å². The zero-order valence-electron chi connectivity index (χ0n) is 8.18. The molecule has 0 bridgehead atoms. The van der Waals surface area contributed by atoms with E-state index < -0.39 is 0 Å². The summed E-state index contributed by atoms with van der Waals surface area (Å²) < 4.78 is 5.77. The molecule has 0 unspecified atom stereocenters. The molecule has 0 aromatic heterocycles. The summed E-state index contributed by atoms with van der Waals surface area (Å²) in [6.45, 7) is 6.71. The van der Waals surface area contributed by atoms with Gasteiger partial charge in [-0.05, 0) is 31.6 Å². The summed E-state index contributed by atoms with van der Waals surface area (Å²) >= 11 is 0. The largest absolute Gasteiger partial charge is 0.393 e. The maximum absolute atomic E-state index is 9.37. The summed E-state index contributed by atoms with van der Waals surface area (Å²) in [5.74, 6) is 0. The summed E-state index contributed by atoms with van der Waals surface area (Å²) in [7, 11) is 0. The van der Waals surface area contributed by atoms with Gasteiger partial charge in [-0.15, -0.1) is 0 Å². The number of aliphatic hydroxyl groups is 1. The van der Waals surface area contributed by atoms with E-state index in [1.54, 1.807) is 0 Å². The van der Waals surface area contributed by atoms with E-state index in [9.17, 15) is 5.11 Å². The van der Waals surface area contributed by atoms with Crippen molar-refractivity contribution < 1.29 is 9.84 Å². The highest BCUT2D eigenvalue weighted by Gasteiger charge is 2.74. The smallest absolute Gasteiger partial charge is 0.126 e. The Labute approximate surface area is 73.9 Å². The van der Waals surface area contributed by atoms with Gasteiger partial charge in [0, 0.05) is 0 Å². The standard InChI is InChI=1S/C10H18O2/c1-8(2)5-4-6-9(3)10(8,7-11)12-9/h11H,4-7H2,1-3H3/t9-,10+/m1/s1. The molecule has 0 spiro atoms. The monoisotopic (exact) mass is 170 g/mol. The van der Waals surface area contributed by atoms with E-state index >= 15 is 0 Å². The Morgan fingerprint density at radius 3 is 2.33 bits per heavy atom. The fourth-order valence-corrected chi connectivity index (χ4v) is 2.95. The quantitative estimate of drug-likeness (QED) is 0.608. The van der Waals surface area contributed by atoms with Crippen LogP contribution in [0.5, 0.6) is 0 Å². The van der Waals surface area contributed by atoms with E-state index in [4.69, 9.17) is 4.74 Å². The SMILES string of the molecule is CC1(C)CCC[C@@]2(C)O[C@@]12CO. The molecule has 2 atom stereocenters. The topological polar surface area (TPSA) is 32.8 Å². The second-order valence-electron chi connectivity index (χ2n) is 5.06. The van der Waals surface area contributed by atoms with E-state index in [-0.39, 0.29) is 23.2 Å². The van der Waals surface area contributed by atoms with Crippen molar-refractivity contribution in [3.63, 3.8) is 0 Å². The molecule has 70 valence electrons. The second kappa shape index (κ2) is 2.05. The Balaban J connectivity index is 2.30. The van der Waals surface area contributed by atoms with Crippen LogP contribution in [0.1, 0.15) is 40.0 Å². The van der Waals surface area contributed by atoms with Gasteiger partial charge < -0.3 is 9.84 Å². The molecule has 2 aliphatic rings. The van der Waals surface area contributed by atoms with Crippen LogP contribution in [0.25, 0.3) is 0 Å². The van der Waals surface area contributed by atoms with Crippen LogP contribution in [0.15, 0.2) is 0 Å². The van der Waals surface area contributed by atoms with Gasteiger partial charge in [-0.2, -0.15) is 0 Å². The van der Waals surface area contributed by atoms with Gasteiger partial charge in [-0.3, -0.25) is 0 Å². The predicted octanol–water partition coefficient (Wildman–Crippen LogP) is 1.72. The number of hydrogen-bond donors (Lipinski definition) is 1. The van der Waals surface area contributed by atoms with Gasteiger partial charge >= 0.3 is 0 Å². The molecule has 0 aromatic rings. The predicted molar refractivity (Wildman–Crippen MR) is 46.9 cm³/mol. The molecular weight excluding hydrogens is 152 g/mol. The molecule has 0 aromatic carbocycles. The zero-order valence-corrected chi connectivity index (χ0v) is 8.18. The molecule has 1 aliphatic heterocycles. The lowest BCUT2D eigenvalue weighted by atomic mass is 9.64. The highest BCUT2D eigenvalue weighted by atomic mass is 16.6. The van der Waals surface area contributed by atoms with Crippen LogP contribution in [-0.2, 0) is 4.74 Å². The van der Waals surface area contributed by atoms with Crippen LogP contribution in [0.2, 0.25) is 0 Å². The first kappa shape index (κ1) is 8.52. The summed E-state index contributed by atoms with van der Waals surface area (Å²) in [6, 6.07) is 0. The second-order valence-corrected chi connectivity index (χ2v) is 5.06. The molecule has 1 saturated carbocycles. The molecular formula is C10H18O2. The van der Waals surface area contributed by atoms with Crippen LogP contribution >= 0.6 is 0 Å². The van der Waals surface area contributed by atoms with Crippen molar-refractivity contribution in [1.82, 2.24) is 0 Å². The first-order valence-electron chi connectivity index (χ1n) is 4.79. The molecule has 2 rings (SSSR count). The molecule has 1 heterocycles. The van der Waals surface area contributed by atoms with E-state index in [1.807, 2.05) is 0 Å². The van der Waals surface area contributed by atoms with Crippen molar-refractivity contribution in [3.05, 3.63) is 0 Å². The third kappa shape index (κ3) is 0.728. The molecule has 2 heteroatoms. The first-order chi connectivity index (χ1) is 5.47. The number of aliphatic hydroxyl groups excluding tert-OH is 1. The van der Waals surface area contributed by atoms with E-state index in [2.05, 4.69) is 20.8 Å². The third-order valence-electron chi connectivity index (χ3n) is 3.98. The van der Waals surface area contributed by atoms with Crippen LogP contribution in [0.3, 0.4) is 0 Å². The fraction of sp³-hybridized carbons (Fsp3) is 1.00. The molecule has 2 nitrogen and oxygen atoms in total. The number of hydrogen-bond acceptors (Lipinski definition) is 2. The minimum atomic E-state index is -0.224. The zero-order chi connectivity index (χ0) is 9.04. The lowest BCUT2D eigenvalue weighted by Crippen LogP contribution is -2.45. The van der Waals surface area contributed by atoms with Gasteiger partial charge in [-0.1, -0.05) is 13.8 Å². The number of rotatable bonds is 1. The summed E-state index contributed by atoms with van der Waals surface area (Å²) in [5, 5.41) is 9.37. The molecule has 2 fully saturated rings. The average Bonchev–Trinajstić information content (AvgIpc) is 2.58. The van der Waals surface area contributed by atoms with Crippen LogP contribution < -0.4 is 0 Å². The minimum Gasteiger partial charge on any atom is -0.393 e. The molecule has 1 saturated heterocycles. The number of ether oxygens (including phenoxy) is 1. The van der Waals surface area contributed by atoms with Gasteiger partial charge in [0.1, 0.15) is 5.60 Å². The van der Waals surface area contributed by atoms with Crippen molar-refractivity contribution in [3.8, 4) is 0 Å². The van der Waals surface area contributed by atoms with Gasteiger partial charge in [0.15, 0.2) is 0 Å². The first-order valence-corrected chi connectivity index (χ1v) is 4.79. The van der Waals surface area contributed by atoms with Crippen molar-refractivity contribution in [1.29, 1.82) is 0 Å². The highest BCUT2D eigenvalue weighted by molar-refractivity contribution is 5.21. The number of fused-ring (bicyclic) bond motifs is 1. The Morgan fingerprint density at radius 2 is 1.92 bits per heavy atom. The highest BCUT2D eigenvalue weighted by Crippen LogP contribution is 2.64. The van der Waals surface area contributed by atoms with E-state index in [0.29, 0.717) is 0 Å². The summed E-state index contributed by atoms with van der Waals surface area (Å²) in [5.41, 5.74) is -0.101. The normalized spacial score (nSPS) is 50.0. The Kier molecular flexibility index (Phi) is 1.45. The Bertz CT molecular complexity index is 212. The van der Waals surface area contributed by atoms with Crippen molar-refractivity contribution in [2.75, 3.05) is 6.61 Å². The minimum absolute atomic E-state index is 0.0243. The Morgan fingerprint density at radius 1 is 1.25 bits per heavy atom. The average molecular weight is 170 g/mol. The molecule has 12 heavy (non-hydrogen) atoms. The lowest BCUT2D eigenvalue weighted by molar-refractivity contribution is 0.0596. The molecule has 0 amide bonds. The number of epoxide rings is 1. The maximum atomic E-state index is 9.37. The summed E-state index contributed by atoms with van der Waals surface area (Å²) in [4.78, 5) is 0. The molecule has 0 radical (unpaired) electrons. The Hall–Kier alpha value is -0.0800. The molecule has 1 N–H and O–H groups in total. The van der Waals surface area contributed by atoms with Crippen LogP contribution in [-0.4, -0.2) is 22.9 Å². The van der Waals surface area contributed by atoms with Crippen LogP contribution in [0.4, 0.5) is 0 Å². The van der Waals surface area contributed by atoms with Crippen molar-refractivity contribution in [2.45, 2.75) is 51.2 Å². The van der Waals surface area contributed by atoms with E-state index in [0.717, 1.165) is 6.42 Å². The maximum Gasteiger partial charge on any atom is 0.126 e. The van der Waals surface area contributed by atoms with Gasteiger partial charge in [0.05, 0.1) is 12.2 Å². The van der Waals surface area contributed by atoms with Gasteiger partial charge in [0.2, 0.25) is 0 Å². The van der Waals surface area contributed by atoms with Crippen LogP contribution in [0, 0.1) is 5.41 Å². The lowest BCUT2D eigenvalue weighted by Gasteiger charge is -2.37. The fourth-order valence-electron chi connectivity index (χ4n) is 2.95. The summed E-state index contributed by atoms with van der Waals surface area (Å²) in [6.07, 6.45) is 3.51.